The zero-order valence-electron chi connectivity index (χ0n) is 24.6. The zero-order valence-corrected chi connectivity index (χ0v) is 24.6. The molecule has 0 amide bonds. The van der Waals surface area contributed by atoms with Crippen molar-refractivity contribution >= 4 is 44.0 Å². The molecule has 3 heterocycles. The molecular weight excluding hydrogens is 538 g/mol. The van der Waals surface area contributed by atoms with Crippen LogP contribution in [0.5, 0.6) is 0 Å². The lowest BCUT2D eigenvalue weighted by Crippen LogP contribution is -2.14. The van der Waals surface area contributed by atoms with Crippen molar-refractivity contribution in [2.45, 2.75) is 43.9 Å². The van der Waals surface area contributed by atoms with Gasteiger partial charge in [0.2, 0.25) is 0 Å². The fourth-order valence-electron chi connectivity index (χ4n) is 7.50. The summed E-state index contributed by atoms with van der Waals surface area (Å²) >= 11 is 0. The lowest BCUT2D eigenvalue weighted by atomic mass is 9.77. The molecule has 3 aliphatic carbocycles. The summed E-state index contributed by atoms with van der Waals surface area (Å²) in [5, 5.41) is 3.36. The van der Waals surface area contributed by atoms with Crippen LogP contribution in [0.3, 0.4) is 0 Å². The number of furan rings is 2. The van der Waals surface area contributed by atoms with Crippen LogP contribution in [-0.2, 0) is 0 Å². The van der Waals surface area contributed by atoms with E-state index in [4.69, 9.17) is 13.8 Å². The Bertz CT molecular complexity index is 2230. The normalized spacial score (nSPS) is 21.6. The van der Waals surface area contributed by atoms with Gasteiger partial charge in [0, 0.05) is 33.3 Å². The lowest BCUT2D eigenvalue weighted by Gasteiger charge is -2.28. The maximum absolute atomic E-state index is 6.71. The third-order valence-corrected chi connectivity index (χ3v) is 9.83. The first kappa shape index (κ1) is 25.6. The van der Waals surface area contributed by atoms with Gasteiger partial charge in [0.1, 0.15) is 22.3 Å². The number of para-hydroxylation sites is 1. The van der Waals surface area contributed by atoms with Crippen molar-refractivity contribution in [3.05, 3.63) is 138 Å². The van der Waals surface area contributed by atoms with Crippen LogP contribution in [0.2, 0.25) is 0 Å². The van der Waals surface area contributed by atoms with Crippen molar-refractivity contribution in [2.24, 2.45) is 5.92 Å². The number of fused-ring (bicyclic) bond motifs is 6. The van der Waals surface area contributed by atoms with Gasteiger partial charge in [0.15, 0.2) is 5.58 Å². The number of nitrogens with zero attached hydrogens (tertiary/aromatic N) is 1. The first-order valence-corrected chi connectivity index (χ1v) is 15.9. The van der Waals surface area contributed by atoms with Gasteiger partial charge in [-0.3, -0.25) is 0 Å². The predicted molar refractivity (Wildman–Crippen MR) is 181 cm³/mol. The van der Waals surface area contributed by atoms with Crippen LogP contribution in [0.15, 0.2) is 136 Å². The van der Waals surface area contributed by atoms with Crippen molar-refractivity contribution < 1.29 is 8.83 Å². The summed E-state index contributed by atoms with van der Waals surface area (Å²) in [6.07, 6.45) is 25.9. The van der Waals surface area contributed by atoms with Crippen LogP contribution in [0, 0.1) is 5.92 Å². The summed E-state index contributed by atoms with van der Waals surface area (Å²) in [5.74, 6) is 1.14. The van der Waals surface area contributed by atoms with Crippen molar-refractivity contribution in [1.82, 2.24) is 4.98 Å². The van der Waals surface area contributed by atoms with Crippen LogP contribution in [0.25, 0.3) is 55.1 Å². The molecule has 0 bridgehead atoms. The molecule has 3 atom stereocenters. The first-order chi connectivity index (χ1) is 21.8. The Balaban J connectivity index is 1.18. The van der Waals surface area contributed by atoms with Crippen LogP contribution in [0.1, 0.15) is 55.2 Å². The van der Waals surface area contributed by atoms with Crippen LogP contribution in [-0.4, -0.2) is 4.98 Å². The lowest BCUT2D eigenvalue weighted by molar-refractivity contribution is 0.514. The number of allylic oxidation sites excluding steroid dienone is 10. The van der Waals surface area contributed by atoms with Crippen molar-refractivity contribution in [1.29, 1.82) is 0 Å². The van der Waals surface area contributed by atoms with Crippen LogP contribution >= 0.6 is 0 Å². The third-order valence-electron chi connectivity index (χ3n) is 9.83. The SMILES string of the molecule is C1=CCCC(C2C=CCC(c3cc(C4C=CC=CC4)nc4c3oc3ccc(-c5ccc6oc7ccccc7c6c5)cc34)C2)=C1. The second-order valence-corrected chi connectivity index (χ2v) is 12.5. The monoisotopic (exact) mass is 571 g/mol. The van der Waals surface area contributed by atoms with E-state index in [2.05, 4.69) is 109 Å². The minimum atomic E-state index is 0.272. The van der Waals surface area contributed by atoms with E-state index in [1.54, 1.807) is 5.57 Å². The Morgan fingerprint density at radius 2 is 1.50 bits per heavy atom. The Morgan fingerprint density at radius 3 is 2.34 bits per heavy atom. The number of hydrogen-bond donors (Lipinski definition) is 0. The molecule has 3 aliphatic rings. The zero-order chi connectivity index (χ0) is 29.0. The summed E-state index contributed by atoms with van der Waals surface area (Å²) in [6, 6.07) is 23.7. The molecule has 3 heteroatoms. The molecule has 6 aromatic rings. The molecule has 0 N–H and O–H groups in total. The molecule has 9 rings (SSSR count). The molecule has 0 saturated heterocycles. The third kappa shape index (κ3) is 4.30. The highest BCUT2D eigenvalue weighted by Gasteiger charge is 2.28. The number of rotatable bonds is 4. The largest absolute Gasteiger partial charge is 0.456 e. The van der Waals surface area contributed by atoms with Gasteiger partial charge in [-0.05, 0) is 91.5 Å². The van der Waals surface area contributed by atoms with E-state index in [1.165, 1.54) is 5.56 Å². The molecule has 0 aliphatic heterocycles. The second kappa shape index (κ2) is 10.4. The van der Waals surface area contributed by atoms with Gasteiger partial charge < -0.3 is 8.83 Å². The van der Waals surface area contributed by atoms with Crippen molar-refractivity contribution in [2.75, 3.05) is 0 Å². The Morgan fingerprint density at radius 1 is 0.659 bits per heavy atom. The Hall–Kier alpha value is -4.89. The van der Waals surface area contributed by atoms with Crippen molar-refractivity contribution in [3.8, 4) is 11.1 Å². The molecule has 3 unspecified atom stereocenters. The summed E-state index contributed by atoms with van der Waals surface area (Å²) in [4.78, 5) is 5.34. The predicted octanol–water partition coefficient (Wildman–Crippen LogP) is 11.5. The molecule has 3 aromatic heterocycles. The summed E-state index contributed by atoms with van der Waals surface area (Å²) in [6.45, 7) is 0. The van der Waals surface area contributed by atoms with E-state index in [1.807, 2.05) is 12.1 Å². The van der Waals surface area contributed by atoms with Crippen LogP contribution in [0.4, 0.5) is 0 Å². The summed E-state index contributed by atoms with van der Waals surface area (Å²) in [7, 11) is 0. The number of benzene rings is 3. The van der Waals surface area contributed by atoms with E-state index in [9.17, 15) is 0 Å². The van der Waals surface area contributed by atoms with E-state index < -0.39 is 0 Å². The molecule has 0 fully saturated rings. The molecule has 0 spiro atoms. The summed E-state index contributed by atoms with van der Waals surface area (Å²) < 4.78 is 12.8. The van der Waals surface area contributed by atoms with Crippen LogP contribution < -0.4 is 0 Å². The minimum absolute atomic E-state index is 0.272. The molecule has 3 aromatic carbocycles. The quantitative estimate of drug-likeness (QED) is 0.198. The first-order valence-electron chi connectivity index (χ1n) is 15.9. The van der Waals surface area contributed by atoms with Gasteiger partial charge >= 0.3 is 0 Å². The highest BCUT2D eigenvalue weighted by Crippen LogP contribution is 2.44. The van der Waals surface area contributed by atoms with Crippen molar-refractivity contribution in [3.63, 3.8) is 0 Å². The second-order valence-electron chi connectivity index (χ2n) is 12.5. The molecule has 0 saturated carbocycles. The van der Waals surface area contributed by atoms with Gasteiger partial charge in [-0.15, -0.1) is 0 Å². The maximum Gasteiger partial charge on any atom is 0.157 e. The average molecular weight is 572 g/mol. The maximum atomic E-state index is 6.71. The topological polar surface area (TPSA) is 39.2 Å². The average Bonchev–Trinajstić information content (AvgIpc) is 3.66. The van der Waals surface area contributed by atoms with Gasteiger partial charge in [-0.25, -0.2) is 4.98 Å². The van der Waals surface area contributed by atoms with E-state index >= 15 is 0 Å². The molecular formula is C41H33NO2. The standard InChI is InChI=1S/C41H33NO2/c1-3-10-26(11-4-1)28-14-9-15-31(22-28)33-25-36(27-12-5-2-6-13-27)42-40-35-24-30(19-21-39(35)44-41(33)40)29-18-20-38-34(23-29)32-16-7-8-17-37(32)43-38/h1-3,5-10,12,14,16-21,23-25,27-28,31H,4,11,13,15,22H2. The fourth-order valence-corrected chi connectivity index (χ4v) is 7.50. The Kier molecular flexibility index (Phi) is 6.04. The molecule has 44 heavy (non-hydrogen) atoms. The fraction of sp³-hybridized carbons (Fsp3) is 0.195. The van der Waals surface area contributed by atoms with E-state index in [0.717, 1.165) is 92.9 Å². The molecule has 214 valence electrons. The Labute approximate surface area is 256 Å². The molecule has 0 radical (unpaired) electrons. The number of pyridine rings is 1. The molecule has 3 nitrogen and oxygen atoms in total. The van der Waals surface area contributed by atoms with E-state index in [0.29, 0.717) is 11.8 Å². The highest BCUT2D eigenvalue weighted by atomic mass is 16.3. The minimum Gasteiger partial charge on any atom is -0.456 e. The summed E-state index contributed by atoms with van der Waals surface area (Å²) in [5.41, 5.74) is 11.0. The highest BCUT2D eigenvalue weighted by molar-refractivity contribution is 6.08. The number of aromatic nitrogens is 1. The van der Waals surface area contributed by atoms with Gasteiger partial charge in [0.05, 0.1) is 0 Å². The van der Waals surface area contributed by atoms with Gasteiger partial charge in [0.25, 0.3) is 0 Å². The number of hydrogen-bond acceptors (Lipinski definition) is 3. The van der Waals surface area contributed by atoms with Gasteiger partial charge in [-0.2, -0.15) is 0 Å². The van der Waals surface area contributed by atoms with Gasteiger partial charge in [-0.1, -0.05) is 90.6 Å². The smallest absolute Gasteiger partial charge is 0.157 e. The van der Waals surface area contributed by atoms with E-state index in [-0.39, 0.29) is 5.92 Å².